The quantitative estimate of drug-likeness (QED) is 0.446. The molecule has 0 spiro atoms. The first-order chi connectivity index (χ1) is 18.5. The number of carbonyl (C=O) groups excluding carboxylic acids is 2. The van der Waals surface area contributed by atoms with E-state index in [1.165, 1.54) is 35.6 Å². The number of carbonyl (C=O) groups is 2. The van der Waals surface area contributed by atoms with Crippen molar-refractivity contribution in [2.75, 3.05) is 39.3 Å². The number of likely N-dealkylation sites (tertiary alicyclic amines) is 1. The molecule has 206 valence electrons. The summed E-state index contributed by atoms with van der Waals surface area (Å²) in [7, 11) is -4.01. The summed E-state index contributed by atoms with van der Waals surface area (Å²) in [5, 5.41) is 1.74. The fraction of sp³-hybridized carbons (Fsp3) is 0.346. The van der Waals surface area contributed by atoms with E-state index >= 15 is 0 Å². The number of amides is 2. The van der Waals surface area contributed by atoms with Gasteiger partial charge in [0.25, 0.3) is 11.8 Å². The minimum absolute atomic E-state index is 0.0626. The van der Waals surface area contributed by atoms with Gasteiger partial charge in [0.15, 0.2) is 9.84 Å². The molecule has 2 aliphatic heterocycles. The number of aromatic nitrogens is 1. The maximum absolute atomic E-state index is 13.0. The molecular weight excluding hydrogens is 553 g/mol. The predicted octanol–water partition coefficient (Wildman–Crippen LogP) is 3.42. The lowest BCUT2D eigenvalue weighted by atomic mass is 10.0. The molecular formula is C26H25F3N4O4S2. The average Bonchev–Trinajstić information content (AvgIpc) is 3.43. The van der Waals surface area contributed by atoms with E-state index in [-0.39, 0.29) is 17.9 Å². The minimum atomic E-state index is -4.64. The first-order valence-corrected chi connectivity index (χ1v) is 14.8. The second-order valence-corrected chi connectivity index (χ2v) is 12.3. The number of sulfone groups is 1. The first kappa shape index (κ1) is 27.3. The van der Waals surface area contributed by atoms with Crippen molar-refractivity contribution in [1.29, 1.82) is 0 Å². The lowest BCUT2D eigenvalue weighted by molar-refractivity contribution is -0.137. The Kier molecular flexibility index (Phi) is 7.49. The summed E-state index contributed by atoms with van der Waals surface area (Å²) in [5.41, 5.74) is 1.86. The van der Waals surface area contributed by atoms with Gasteiger partial charge in [0.1, 0.15) is 5.69 Å². The van der Waals surface area contributed by atoms with Crippen molar-refractivity contribution in [2.24, 2.45) is 0 Å². The Morgan fingerprint density at radius 2 is 1.64 bits per heavy atom. The second kappa shape index (κ2) is 10.7. The van der Waals surface area contributed by atoms with E-state index < -0.39 is 32.2 Å². The molecule has 2 aliphatic rings. The van der Waals surface area contributed by atoms with E-state index in [4.69, 9.17) is 0 Å². The van der Waals surface area contributed by atoms with Crippen LogP contribution in [0.15, 0.2) is 64.3 Å². The van der Waals surface area contributed by atoms with E-state index in [0.29, 0.717) is 49.1 Å². The van der Waals surface area contributed by atoms with Gasteiger partial charge in [0.05, 0.1) is 21.7 Å². The number of thiazole rings is 1. The number of hydrogen-bond donors (Lipinski definition) is 0. The van der Waals surface area contributed by atoms with E-state index in [9.17, 15) is 31.2 Å². The maximum atomic E-state index is 13.0. The molecule has 0 atom stereocenters. The molecule has 1 aromatic heterocycles. The Morgan fingerprint density at radius 1 is 0.949 bits per heavy atom. The van der Waals surface area contributed by atoms with Crippen LogP contribution in [0.25, 0.3) is 0 Å². The van der Waals surface area contributed by atoms with E-state index in [1.54, 1.807) is 20.7 Å². The summed E-state index contributed by atoms with van der Waals surface area (Å²) in [6, 6.07) is 9.97. The molecule has 2 aromatic carbocycles. The van der Waals surface area contributed by atoms with Crippen LogP contribution in [0, 0.1) is 0 Å². The third-order valence-corrected chi connectivity index (χ3v) is 9.27. The highest BCUT2D eigenvalue weighted by atomic mass is 32.2. The number of benzene rings is 2. The van der Waals surface area contributed by atoms with Gasteiger partial charge in [0, 0.05) is 56.3 Å². The van der Waals surface area contributed by atoms with Gasteiger partial charge in [-0.2, -0.15) is 13.2 Å². The van der Waals surface area contributed by atoms with Crippen LogP contribution >= 0.6 is 11.3 Å². The van der Waals surface area contributed by atoms with Gasteiger partial charge in [-0.1, -0.05) is 18.2 Å². The zero-order chi connectivity index (χ0) is 27.8. The minimum Gasteiger partial charge on any atom is -0.335 e. The number of rotatable bonds is 6. The van der Waals surface area contributed by atoms with Crippen LogP contribution in [0.5, 0.6) is 0 Å². The van der Waals surface area contributed by atoms with E-state index in [2.05, 4.69) is 9.88 Å². The lowest BCUT2D eigenvalue weighted by Gasteiger charge is -2.48. The molecule has 0 aliphatic carbocycles. The standard InChI is InChI=1S/C26H25F3N4O4S2/c27-26(28,29)20-2-1-3-22(12-20)39(36,37)16-18-4-6-19(7-5-18)24(34)33-13-21(14-33)31-8-10-32(11-9-31)25(35)23-15-38-17-30-23/h1-7,12,15,17,21H,8-11,13-14,16H2. The third-order valence-electron chi connectivity index (χ3n) is 7.00. The van der Waals surface area contributed by atoms with Gasteiger partial charge >= 0.3 is 6.18 Å². The van der Waals surface area contributed by atoms with Crippen molar-refractivity contribution in [2.45, 2.75) is 22.9 Å². The second-order valence-electron chi connectivity index (χ2n) is 9.55. The molecule has 2 amide bonds. The molecule has 5 rings (SSSR count). The van der Waals surface area contributed by atoms with Crippen molar-refractivity contribution < 1.29 is 31.2 Å². The molecule has 0 unspecified atom stereocenters. The fourth-order valence-electron chi connectivity index (χ4n) is 4.72. The van der Waals surface area contributed by atoms with E-state index in [1.807, 2.05) is 0 Å². The molecule has 3 heterocycles. The summed E-state index contributed by atoms with van der Waals surface area (Å²) in [6.45, 7) is 3.77. The number of nitrogens with zero attached hydrogens (tertiary/aromatic N) is 4. The van der Waals surface area contributed by atoms with Gasteiger partial charge in [-0.25, -0.2) is 13.4 Å². The highest BCUT2D eigenvalue weighted by molar-refractivity contribution is 7.90. The van der Waals surface area contributed by atoms with Crippen LogP contribution in [0.2, 0.25) is 0 Å². The smallest absolute Gasteiger partial charge is 0.335 e. The molecule has 0 bridgehead atoms. The van der Waals surface area contributed by atoms with Crippen LogP contribution < -0.4 is 0 Å². The normalized spacial score (nSPS) is 17.2. The fourth-order valence-corrected chi connectivity index (χ4v) is 6.63. The molecule has 13 heteroatoms. The zero-order valence-corrected chi connectivity index (χ0v) is 22.3. The average molecular weight is 579 g/mol. The molecule has 2 saturated heterocycles. The Balaban J connectivity index is 1.13. The highest BCUT2D eigenvalue weighted by Crippen LogP contribution is 2.31. The van der Waals surface area contributed by atoms with Gasteiger partial charge in [-0.05, 0) is 35.9 Å². The van der Waals surface area contributed by atoms with Crippen LogP contribution in [0.1, 0.15) is 32.0 Å². The Bertz CT molecular complexity index is 1450. The molecule has 39 heavy (non-hydrogen) atoms. The molecule has 0 N–H and O–H groups in total. The predicted molar refractivity (Wildman–Crippen MR) is 138 cm³/mol. The summed E-state index contributed by atoms with van der Waals surface area (Å²) >= 11 is 1.39. The van der Waals surface area contributed by atoms with Gasteiger partial charge in [-0.3, -0.25) is 14.5 Å². The molecule has 2 fully saturated rings. The van der Waals surface area contributed by atoms with Crippen molar-refractivity contribution in [1.82, 2.24) is 19.7 Å². The van der Waals surface area contributed by atoms with Crippen molar-refractivity contribution in [3.05, 3.63) is 81.8 Å². The SMILES string of the molecule is O=C(c1ccc(CS(=O)(=O)c2cccc(C(F)(F)F)c2)cc1)N1CC(N2CCN(C(=O)c3cscn3)CC2)C1. The molecule has 8 nitrogen and oxygen atoms in total. The van der Waals surface area contributed by atoms with Crippen LogP contribution in [-0.2, 0) is 21.8 Å². The summed E-state index contributed by atoms with van der Waals surface area (Å²) in [6.07, 6.45) is -4.64. The number of alkyl halides is 3. The maximum Gasteiger partial charge on any atom is 0.416 e. The summed E-state index contributed by atoms with van der Waals surface area (Å²) < 4.78 is 64.3. The number of piperazine rings is 1. The van der Waals surface area contributed by atoms with Crippen LogP contribution in [-0.4, -0.2) is 85.2 Å². The molecule has 0 radical (unpaired) electrons. The number of halogens is 3. The van der Waals surface area contributed by atoms with Gasteiger partial charge in [0.2, 0.25) is 0 Å². The van der Waals surface area contributed by atoms with Crippen molar-refractivity contribution in [3.63, 3.8) is 0 Å². The molecule has 3 aromatic rings. The molecule has 0 saturated carbocycles. The van der Waals surface area contributed by atoms with E-state index in [0.717, 1.165) is 31.3 Å². The number of hydrogen-bond acceptors (Lipinski definition) is 7. The van der Waals surface area contributed by atoms with Gasteiger partial charge < -0.3 is 9.80 Å². The van der Waals surface area contributed by atoms with Crippen molar-refractivity contribution in [3.8, 4) is 0 Å². The van der Waals surface area contributed by atoms with Crippen LogP contribution in [0.3, 0.4) is 0 Å². The Hall–Kier alpha value is -3.29. The topological polar surface area (TPSA) is 90.9 Å². The monoisotopic (exact) mass is 578 g/mol. The largest absolute Gasteiger partial charge is 0.416 e. The first-order valence-electron chi connectivity index (χ1n) is 12.2. The lowest BCUT2D eigenvalue weighted by Crippen LogP contribution is -2.64. The zero-order valence-electron chi connectivity index (χ0n) is 20.7. The highest BCUT2D eigenvalue weighted by Gasteiger charge is 2.37. The van der Waals surface area contributed by atoms with Crippen LogP contribution in [0.4, 0.5) is 13.2 Å². The Labute approximate surface area is 227 Å². The third kappa shape index (κ3) is 5.99. The summed E-state index contributed by atoms with van der Waals surface area (Å²) in [4.78, 5) is 34.8. The van der Waals surface area contributed by atoms with Crippen molar-refractivity contribution >= 4 is 33.0 Å². The van der Waals surface area contributed by atoms with Gasteiger partial charge in [-0.15, -0.1) is 11.3 Å². The Morgan fingerprint density at radius 3 is 2.26 bits per heavy atom. The summed E-state index contributed by atoms with van der Waals surface area (Å²) in [5.74, 6) is -0.714.